The fourth-order valence-corrected chi connectivity index (χ4v) is 3.25. The Labute approximate surface area is 116 Å². The summed E-state index contributed by atoms with van der Waals surface area (Å²) in [6.07, 6.45) is 3.78. The summed E-state index contributed by atoms with van der Waals surface area (Å²) in [4.78, 5) is 4.17. The van der Waals surface area contributed by atoms with Crippen LogP contribution in [0.4, 0.5) is 5.69 Å². The molecule has 0 spiro atoms. The second kappa shape index (κ2) is 4.73. The number of benzene rings is 1. The van der Waals surface area contributed by atoms with E-state index in [1.165, 1.54) is 11.5 Å². The van der Waals surface area contributed by atoms with Gasteiger partial charge in [-0.2, -0.15) is 0 Å². The van der Waals surface area contributed by atoms with Gasteiger partial charge in [-0.1, -0.05) is 12.1 Å². The molecule has 0 amide bonds. The second-order valence-electron chi connectivity index (χ2n) is 4.43. The van der Waals surface area contributed by atoms with E-state index in [0.29, 0.717) is 16.8 Å². The molecule has 1 aromatic carbocycles. The molecular formula is C14H12N2O3S. The second-order valence-corrected chi connectivity index (χ2v) is 6.24. The van der Waals surface area contributed by atoms with Gasteiger partial charge in [-0.3, -0.25) is 4.98 Å². The zero-order valence-corrected chi connectivity index (χ0v) is 11.2. The van der Waals surface area contributed by atoms with Crippen molar-refractivity contribution in [1.29, 1.82) is 0 Å². The van der Waals surface area contributed by atoms with Crippen molar-refractivity contribution < 1.29 is 13.5 Å². The lowest BCUT2D eigenvalue weighted by Gasteiger charge is -2.14. The highest BCUT2D eigenvalue weighted by Gasteiger charge is 2.21. The summed E-state index contributed by atoms with van der Waals surface area (Å²) in [6.45, 7) is 0. The lowest BCUT2D eigenvalue weighted by atomic mass is 10.2. The number of sulfone groups is 1. The monoisotopic (exact) mass is 288 g/mol. The Morgan fingerprint density at radius 1 is 1.25 bits per heavy atom. The molecule has 6 heteroatoms. The number of hydrogen-bond acceptors (Lipinski definition) is 5. The molecule has 2 aromatic rings. The number of rotatable bonds is 3. The number of hydrogen-bond donors (Lipinski definition) is 2. The smallest absolute Gasteiger partial charge is 0.200 e. The van der Waals surface area contributed by atoms with Crippen LogP contribution in [0.25, 0.3) is 6.08 Å². The Bertz CT molecular complexity index is 770. The van der Waals surface area contributed by atoms with E-state index in [1.807, 2.05) is 0 Å². The Balaban J connectivity index is 1.87. The summed E-state index contributed by atoms with van der Waals surface area (Å²) < 4.78 is 23.5. The largest absolute Gasteiger partial charge is 0.369 e. The molecular weight excluding hydrogens is 276 g/mol. The van der Waals surface area contributed by atoms with Crippen molar-refractivity contribution in [2.45, 2.75) is 11.1 Å². The predicted molar refractivity (Wildman–Crippen MR) is 75.5 cm³/mol. The molecule has 1 aliphatic rings. The van der Waals surface area contributed by atoms with Crippen LogP contribution in [0.15, 0.2) is 53.0 Å². The summed E-state index contributed by atoms with van der Waals surface area (Å²) in [5, 5.41) is 14.1. The molecule has 3 rings (SSSR count). The number of nitrogens with zero attached hydrogens (tertiary/aromatic N) is 1. The van der Waals surface area contributed by atoms with Gasteiger partial charge in [-0.25, -0.2) is 8.42 Å². The van der Waals surface area contributed by atoms with E-state index in [-0.39, 0.29) is 4.90 Å². The van der Waals surface area contributed by atoms with Crippen LogP contribution in [0, 0.1) is 0 Å². The van der Waals surface area contributed by atoms with Crippen LogP contribution in [-0.4, -0.2) is 18.5 Å². The fraction of sp³-hybridized carbons (Fsp3) is 0.0714. The van der Waals surface area contributed by atoms with Crippen molar-refractivity contribution in [3.63, 3.8) is 0 Å². The van der Waals surface area contributed by atoms with Gasteiger partial charge in [-0.15, -0.1) is 0 Å². The van der Waals surface area contributed by atoms with E-state index < -0.39 is 16.1 Å². The van der Waals surface area contributed by atoms with E-state index >= 15 is 0 Å². The van der Waals surface area contributed by atoms with E-state index in [4.69, 9.17) is 0 Å². The molecule has 102 valence electrons. The minimum atomic E-state index is -3.34. The van der Waals surface area contributed by atoms with Crippen molar-refractivity contribution in [3.05, 3.63) is 59.3 Å². The number of nitrogens with one attached hydrogen (secondary N) is 1. The third-order valence-corrected chi connectivity index (χ3v) is 4.51. The molecule has 1 aromatic heterocycles. The van der Waals surface area contributed by atoms with Crippen LogP contribution in [0.3, 0.4) is 0 Å². The van der Waals surface area contributed by atoms with E-state index in [9.17, 15) is 13.5 Å². The lowest BCUT2D eigenvalue weighted by Crippen LogP contribution is -2.10. The van der Waals surface area contributed by atoms with Crippen LogP contribution < -0.4 is 5.32 Å². The highest BCUT2D eigenvalue weighted by Crippen LogP contribution is 2.30. The van der Waals surface area contributed by atoms with E-state index in [1.54, 1.807) is 42.7 Å². The Hall–Kier alpha value is -2.18. The highest BCUT2D eigenvalue weighted by molar-refractivity contribution is 7.94. The van der Waals surface area contributed by atoms with Gasteiger partial charge < -0.3 is 10.4 Å². The van der Waals surface area contributed by atoms with Crippen molar-refractivity contribution in [2.24, 2.45) is 0 Å². The van der Waals surface area contributed by atoms with Gasteiger partial charge in [0.05, 0.1) is 4.90 Å². The first-order chi connectivity index (χ1) is 9.56. The maximum absolute atomic E-state index is 11.8. The lowest BCUT2D eigenvalue weighted by molar-refractivity contribution is 0.208. The molecule has 1 aliphatic heterocycles. The normalized spacial score (nSPS) is 16.6. The molecule has 20 heavy (non-hydrogen) atoms. The first kappa shape index (κ1) is 12.8. The summed E-state index contributed by atoms with van der Waals surface area (Å²) in [6, 6.07) is 8.40. The fourth-order valence-electron chi connectivity index (χ4n) is 2.02. The number of aliphatic hydroxyl groups is 1. The molecule has 1 atom stereocenters. The average molecular weight is 288 g/mol. The number of fused-ring (bicyclic) bond motifs is 1. The highest BCUT2D eigenvalue weighted by atomic mass is 32.2. The zero-order chi connectivity index (χ0) is 14.2. The average Bonchev–Trinajstić information content (AvgIpc) is 2.75. The van der Waals surface area contributed by atoms with Crippen LogP contribution in [-0.2, 0) is 9.84 Å². The van der Waals surface area contributed by atoms with Crippen molar-refractivity contribution in [3.8, 4) is 0 Å². The topological polar surface area (TPSA) is 79.3 Å². The van der Waals surface area contributed by atoms with Gasteiger partial charge in [0.25, 0.3) is 0 Å². The maximum atomic E-state index is 11.8. The third kappa shape index (κ3) is 2.31. The maximum Gasteiger partial charge on any atom is 0.200 e. The molecule has 0 saturated carbocycles. The molecule has 0 aliphatic carbocycles. The van der Waals surface area contributed by atoms with Crippen LogP contribution in [0.2, 0.25) is 0 Å². The van der Waals surface area contributed by atoms with Crippen molar-refractivity contribution in [2.75, 3.05) is 5.32 Å². The van der Waals surface area contributed by atoms with Crippen LogP contribution >= 0.6 is 0 Å². The third-order valence-electron chi connectivity index (χ3n) is 3.05. The molecule has 0 fully saturated rings. The quantitative estimate of drug-likeness (QED) is 0.844. The minimum absolute atomic E-state index is 0.251. The summed E-state index contributed by atoms with van der Waals surface area (Å²) >= 11 is 0. The number of anilines is 1. The van der Waals surface area contributed by atoms with Crippen molar-refractivity contribution >= 4 is 21.6 Å². The Morgan fingerprint density at radius 3 is 2.85 bits per heavy atom. The number of aliphatic hydroxyl groups excluding tert-OH is 1. The molecule has 0 saturated heterocycles. The predicted octanol–water partition coefficient (Wildman–Crippen LogP) is 1.94. The zero-order valence-electron chi connectivity index (χ0n) is 10.4. The summed E-state index contributed by atoms with van der Waals surface area (Å²) in [5.74, 6) is 0. The molecule has 2 N–H and O–H groups in total. The Morgan fingerprint density at radius 2 is 2.10 bits per heavy atom. The van der Waals surface area contributed by atoms with Gasteiger partial charge in [0, 0.05) is 29.1 Å². The first-order valence-corrected chi connectivity index (χ1v) is 7.53. The molecule has 1 unspecified atom stereocenters. The molecule has 2 heterocycles. The van der Waals surface area contributed by atoms with Gasteiger partial charge in [0.1, 0.15) is 0 Å². The van der Waals surface area contributed by atoms with E-state index in [0.717, 1.165) is 0 Å². The van der Waals surface area contributed by atoms with Gasteiger partial charge in [-0.05, 0) is 29.8 Å². The Kier molecular flexibility index (Phi) is 3.04. The van der Waals surface area contributed by atoms with Crippen LogP contribution in [0.5, 0.6) is 0 Å². The van der Waals surface area contributed by atoms with E-state index in [2.05, 4.69) is 10.3 Å². The van der Waals surface area contributed by atoms with Crippen molar-refractivity contribution in [1.82, 2.24) is 4.98 Å². The molecule has 0 radical (unpaired) electrons. The minimum Gasteiger partial charge on any atom is -0.369 e. The van der Waals surface area contributed by atoms with Crippen LogP contribution in [0.1, 0.15) is 17.4 Å². The first-order valence-electron chi connectivity index (χ1n) is 5.98. The van der Waals surface area contributed by atoms with Gasteiger partial charge >= 0.3 is 0 Å². The van der Waals surface area contributed by atoms with Gasteiger partial charge in [0.2, 0.25) is 9.84 Å². The number of pyridine rings is 1. The standard InChI is InChI=1S/C14H12N2O3S/c17-14(11-2-1-6-15-9-11)16-12-4-3-10-5-7-20(18,19)13(10)8-12/h1-9,14,16-17H. The summed E-state index contributed by atoms with van der Waals surface area (Å²) in [5.41, 5.74) is 1.80. The molecule has 5 nitrogen and oxygen atoms in total. The molecule has 0 bridgehead atoms. The SMILES string of the molecule is O=S1(=O)C=Cc2ccc(NC(O)c3cccnc3)cc21. The summed E-state index contributed by atoms with van der Waals surface area (Å²) in [7, 11) is -3.34. The van der Waals surface area contributed by atoms with Gasteiger partial charge in [0.15, 0.2) is 6.23 Å². The number of aromatic nitrogens is 1.